The summed E-state index contributed by atoms with van der Waals surface area (Å²) in [6.45, 7) is 0. The van der Waals surface area contributed by atoms with Crippen LogP contribution in [0, 0.1) is 0 Å². The summed E-state index contributed by atoms with van der Waals surface area (Å²) >= 11 is 0. The number of nitrogens with two attached hydrogens (primary N) is 1. The zero-order valence-electron chi connectivity index (χ0n) is 5.23. The third kappa shape index (κ3) is 0.556. The summed E-state index contributed by atoms with van der Waals surface area (Å²) in [5, 5.41) is 0. The Balaban J connectivity index is 2.93. The number of fused-ring (bicyclic) bond motifs is 1. The minimum Gasteiger partial charge on any atom is -0.369 e. The van der Waals surface area contributed by atoms with Crippen LogP contribution in [0.5, 0.6) is 0 Å². The Kier molecular flexibility index (Phi) is 0.887. The van der Waals surface area contributed by atoms with Crippen LogP contribution in [-0.2, 0) is 0 Å². The maximum Gasteiger partial charge on any atom is 0.206 e. The number of hydrogen-bond donors (Lipinski definition) is 1. The largest absolute Gasteiger partial charge is 0.369 e. The summed E-state index contributed by atoms with van der Waals surface area (Å²) in [4.78, 5) is 7.79. The smallest absolute Gasteiger partial charge is 0.206 e. The number of rotatable bonds is 0. The number of aromatic nitrogens is 3. The highest BCUT2D eigenvalue weighted by Gasteiger charge is 1.94. The number of anilines is 1. The number of imidazole rings is 1. The van der Waals surface area contributed by atoms with Crippen molar-refractivity contribution in [2.45, 2.75) is 0 Å². The SMILES string of the molecule is Nc1ncc2ccncn12. The van der Waals surface area contributed by atoms with Crippen molar-refractivity contribution in [1.29, 1.82) is 0 Å². The highest BCUT2D eigenvalue weighted by molar-refractivity contribution is 5.48. The predicted molar refractivity (Wildman–Crippen MR) is 37.4 cm³/mol. The van der Waals surface area contributed by atoms with Crippen LogP contribution < -0.4 is 5.73 Å². The molecule has 0 aliphatic heterocycles. The lowest BCUT2D eigenvalue weighted by atomic mass is 10.5. The lowest BCUT2D eigenvalue weighted by Crippen LogP contribution is -1.93. The minimum absolute atomic E-state index is 0.475. The van der Waals surface area contributed by atoms with E-state index in [9.17, 15) is 0 Å². The summed E-state index contributed by atoms with van der Waals surface area (Å²) in [6, 6.07) is 1.85. The average molecular weight is 134 g/mol. The van der Waals surface area contributed by atoms with Gasteiger partial charge in [0.2, 0.25) is 5.95 Å². The summed E-state index contributed by atoms with van der Waals surface area (Å²) in [5.41, 5.74) is 6.45. The molecule has 2 aromatic rings. The minimum atomic E-state index is 0.475. The molecular weight excluding hydrogens is 128 g/mol. The Morgan fingerprint density at radius 2 is 2.40 bits per heavy atom. The first-order valence-electron chi connectivity index (χ1n) is 2.90. The highest BCUT2D eigenvalue weighted by atomic mass is 15.1. The van der Waals surface area contributed by atoms with Crippen LogP contribution in [0.2, 0.25) is 0 Å². The van der Waals surface area contributed by atoms with Gasteiger partial charge >= 0.3 is 0 Å². The van der Waals surface area contributed by atoms with Crippen molar-refractivity contribution in [3.8, 4) is 0 Å². The lowest BCUT2D eigenvalue weighted by molar-refractivity contribution is 1.09. The van der Waals surface area contributed by atoms with Gasteiger partial charge in [-0.3, -0.25) is 4.40 Å². The van der Waals surface area contributed by atoms with Gasteiger partial charge in [0.1, 0.15) is 6.33 Å². The van der Waals surface area contributed by atoms with Crippen molar-refractivity contribution in [2.75, 3.05) is 5.73 Å². The van der Waals surface area contributed by atoms with E-state index in [4.69, 9.17) is 5.73 Å². The maximum absolute atomic E-state index is 5.49. The number of hydrogen-bond acceptors (Lipinski definition) is 3. The molecule has 0 fully saturated rings. The topological polar surface area (TPSA) is 56.2 Å². The molecule has 4 heteroatoms. The quantitative estimate of drug-likeness (QED) is 0.564. The molecule has 0 spiro atoms. The second kappa shape index (κ2) is 1.70. The molecule has 2 rings (SSSR count). The van der Waals surface area contributed by atoms with Crippen molar-refractivity contribution in [2.24, 2.45) is 0 Å². The van der Waals surface area contributed by atoms with Crippen LogP contribution >= 0.6 is 0 Å². The molecule has 0 aliphatic rings. The number of nitrogen functional groups attached to an aromatic ring is 1. The van der Waals surface area contributed by atoms with Crippen LogP contribution in [-0.4, -0.2) is 14.4 Å². The van der Waals surface area contributed by atoms with E-state index in [1.165, 1.54) is 0 Å². The molecule has 0 aliphatic carbocycles. The van der Waals surface area contributed by atoms with Gasteiger partial charge in [0.25, 0.3) is 0 Å². The molecule has 0 aromatic carbocycles. The molecule has 0 amide bonds. The van der Waals surface area contributed by atoms with E-state index in [0.717, 1.165) is 5.52 Å². The lowest BCUT2D eigenvalue weighted by Gasteiger charge is -1.90. The highest BCUT2D eigenvalue weighted by Crippen LogP contribution is 2.04. The molecule has 0 saturated heterocycles. The average Bonchev–Trinajstić information content (AvgIpc) is 2.34. The van der Waals surface area contributed by atoms with Gasteiger partial charge in [0, 0.05) is 6.20 Å². The van der Waals surface area contributed by atoms with E-state index in [2.05, 4.69) is 9.97 Å². The fourth-order valence-electron chi connectivity index (χ4n) is 0.863. The van der Waals surface area contributed by atoms with Gasteiger partial charge in [-0.1, -0.05) is 0 Å². The molecule has 2 aromatic heterocycles. The summed E-state index contributed by atoms with van der Waals surface area (Å²) < 4.78 is 1.72. The first-order valence-corrected chi connectivity index (χ1v) is 2.90. The monoisotopic (exact) mass is 134 g/mol. The predicted octanol–water partition coefficient (Wildman–Crippen LogP) is 0.311. The van der Waals surface area contributed by atoms with Gasteiger partial charge in [-0.25, -0.2) is 9.97 Å². The van der Waals surface area contributed by atoms with Gasteiger partial charge in [-0.2, -0.15) is 0 Å². The Hall–Kier alpha value is -1.58. The van der Waals surface area contributed by atoms with E-state index in [-0.39, 0.29) is 0 Å². The Labute approximate surface area is 57.3 Å². The van der Waals surface area contributed by atoms with Crippen LogP contribution in [0.4, 0.5) is 5.95 Å². The molecule has 4 nitrogen and oxygen atoms in total. The van der Waals surface area contributed by atoms with Gasteiger partial charge in [-0.05, 0) is 6.07 Å². The van der Waals surface area contributed by atoms with Crippen LogP contribution in [0.1, 0.15) is 0 Å². The fourth-order valence-corrected chi connectivity index (χ4v) is 0.863. The Morgan fingerprint density at radius 1 is 1.50 bits per heavy atom. The summed E-state index contributed by atoms with van der Waals surface area (Å²) in [5.74, 6) is 0.475. The summed E-state index contributed by atoms with van der Waals surface area (Å²) in [6.07, 6.45) is 5.05. The molecule has 2 heterocycles. The fraction of sp³-hybridized carbons (Fsp3) is 0. The third-order valence-corrected chi connectivity index (χ3v) is 1.37. The number of nitrogens with zero attached hydrogens (tertiary/aromatic N) is 3. The molecular formula is C6H6N4. The Morgan fingerprint density at radius 3 is 3.20 bits per heavy atom. The van der Waals surface area contributed by atoms with E-state index in [1.807, 2.05) is 6.07 Å². The van der Waals surface area contributed by atoms with Crippen molar-refractivity contribution < 1.29 is 0 Å². The van der Waals surface area contributed by atoms with Crippen molar-refractivity contribution in [3.63, 3.8) is 0 Å². The van der Waals surface area contributed by atoms with Gasteiger partial charge in [0.05, 0.1) is 11.7 Å². The van der Waals surface area contributed by atoms with Crippen LogP contribution in [0.15, 0.2) is 24.8 Å². The van der Waals surface area contributed by atoms with Crippen molar-refractivity contribution >= 4 is 11.5 Å². The first-order chi connectivity index (χ1) is 4.88. The van der Waals surface area contributed by atoms with E-state index >= 15 is 0 Å². The molecule has 0 saturated carbocycles. The normalized spacial score (nSPS) is 10.4. The second-order valence-electron chi connectivity index (χ2n) is 1.99. The van der Waals surface area contributed by atoms with Crippen molar-refractivity contribution in [3.05, 3.63) is 24.8 Å². The van der Waals surface area contributed by atoms with Crippen molar-refractivity contribution in [1.82, 2.24) is 14.4 Å². The molecule has 0 unspecified atom stereocenters. The first kappa shape index (κ1) is 5.22. The maximum atomic E-state index is 5.49. The zero-order valence-corrected chi connectivity index (χ0v) is 5.23. The molecule has 10 heavy (non-hydrogen) atoms. The molecule has 50 valence electrons. The van der Waals surface area contributed by atoms with Gasteiger partial charge in [0.15, 0.2) is 0 Å². The molecule has 2 N–H and O–H groups in total. The van der Waals surface area contributed by atoms with Crippen LogP contribution in [0.25, 0.3) is 5.52 Å². The molecule has 0 radical (unpaired) electrons. The van der Waals surface area contributed by atoms with Gasteiger partial charge < -0.3 is 5.73 Å². The van der Waals surface area contributed by atoms with E-state index < -0.39 is 0 Å². The molecule has 0 bridgehead atoms. The third-order valence-electron chi connectivity index (χ3n) is 1.37. The molecule has 0 atom stereocenters. The van der Waals surface area contributed by atoms with E-state index in [1.54, 1.807) is 23.1 Å². The Bertz CT molecular complexity index is 351. The summed E-state index contributed by atoms with van der Waals surface area (Å²) in [7, 11) is 0. The van der Waals surface area contributed by atoms with Crippen LogP contribution in [0.3, 0.4) is 0 Å². The van der Waals surface area contributed by atoms with Gasteiger partial charge in [-0.15, -0.1) is 0 Å². The standard InChI is InChI=1S/C6H6N4/c7-6-9-3-5-1-2-8-4-10(5)6/h1-4H,(H2,7,9). The zero-order chi connectivity index (χ0) is 6.97. The second-order valence-corrected chi connectivity index (χ2v) is 1.99. The van der Waals surface area contributed by atoms with E-state index in [0.29, 0.717) is 5.95 Å².